The Morgan fingerprint density at radius 1 is 0.694 bits per heavy atom. The number of carbonyl (C=O) groups is 3. The van der Waals surface area contributed by atoms with Crippen molar-refractivity contribution in [1.82, 2.24) is 0 Å². The Bertz CT molecular complexity index is 1630. The summed E-state index contributed by atoms with van der Waals surface area (Å²) in [4.78, 5) is 42.8. The van der Waals surface area contributed by atoms with Crippen molar-refractivity contribution in [2.45, 2.75) is 25.7 Å². The zero-order chi connectivity index (χ0) is 24.8. The molecule has 0 atom stereocenters. The Morgan fingerprint density at radius 3 is 1.97 bits per heavy atom. The quantitative estimate of drug-likeness (QED) is 0.330. The lowest BCUT2D eigenvalue weighted by Gasteiger charge is -2.25. The normalized spacial score (nSPS) is 21.2. The van der Waals surface area contributed by atoms with Crippen LogP contribution in [0.5, 0.6) is 0 Å². The number of nitrogens with zero attached hydrogens (tertiary/aromatic N) is 1. The molecule has 36 heavy (non-hydrogen) atoms. The summed E-state index contributed by atoms with van der Waals surface area (Å²) in [5.41, 5.74) is 7.74. The first kappa shape index (κ1) is 21.0. The molecule has 4 nitrogen and oxygen atoms in total. The molecule has 0 bridgehead atoms. The van der Waals surface area contributed by atoms with E-state index >= 15 is 0 Å². The molecule has 4 aliphatic rings. The fourth-order valence-corrected chi connectivity index (χ4v) is 6.35. The zero-order valence-corrected chi connectivity index (χ0v) is 20.1. The maximum atomic E-state index is 13.6. The summed E-state index contributed by atoms with van der Waals surface area (Å²) in [5.74, 6) is -0.783. The fraction of sp³-hybridized carbons (Fsp3) is 0.156. The van der Waals surface area contributed by atoms with Gasteiger partial charge >= 0.3 is 0 Å². The molecule has 174 valence electrons. The van der Waals surface area contributed by atoms with Crippen molar-refractivity contribution in [1.29, 1.82) is 0 Å². The molecular weight excluding hydrogens is 446 g/mol. The Kier molecular flexibility index (Phi) is 4.15. The minimum absolute atomic E-state index is 0.0941. The molecule has 0 spiro atoms. The van der Waals surface area contributed by atoms with Crippen LogP contribution in [0.15, 0.2) is 95.7 Å². The van der Waals surface area contributed by atoms with Gasteiger partial charge in [0.15, 0.2) is 17.3 Å². The number of para-hydroxylation sites is 1. The van der Waals surface area contributed by atoms with E-state index in [2.05, 4.69) is 36.9 Å². The molecule has 3 aromatic carbocycles. The number of allylic oxidation sites excluding steroid dienone is 6. The lowest BCUT2D eigenvalue weighted by atomic mass is 9.82. The van der Waals surface area contributed by atoms with Crippen molar-refractivity contribution >= 4 is 28.6 Å². The van der Waals surface area contributed by atoms with Crippen LogP contribution in [0, 0.1) is 0 Å². The number of carbonyl (C=O) groups excluding carboxylic acids is 3. The van der Waals surface area contributed by atoms with Crippen molar-refractivity contribution in [3.8, 4) is 0 Å². The van der Waals surface area contributed by atoms with Crippen molar-refractivity contribution in [3.05, 3.63) is 129 Å². The number of anilines is 1. The van der Waals surface area contributed by atoms with Crippen LogP contribution in [0.3, 0.4) is 0 Å². The van der Waals surface area contributed by atoms with Gasteiger partial charge in [-0.15, -0.1) is 0 Å². The molecule has 2 aliphatic carbocycles. The highest BCUT2D eigenvalue weighted by atomic mass is 16.2. The van der Waals surface area contributed by atoms with E-state index in [0.29, 0.717) is 33.4 Å². The molecule has 0 unspecified atom stereocenters. The molecule has 2 heterocycles. The second kappa shape index (κ2) is 7.11. The third-order valence-corrected chi connectivity index (χ3v) is 8.08. The van der Waals surface area contributed by atoms with Crippen LogP contribution < -0.4 is 4.90 Å². The van der Waals surface area contributed by atoms with Gasteiger partial charge in [0.25, 0.3) is 0 Å². The average Bonchev–Trinajstić information content (AvgIpc) is 3.56. The Balaban J connectivity index is 1.44. The van der Waals surface area contributed by atoms with E-state index in [0.717, 1.165) is 18.7 Å². The van der Waals surface area contributed by atoms with E-state index < -0.39 is 0 Å². The van der Waals surface area contributed by atoms with Gasteiger partial charge in [0.2, 0.25) is 0 Å². The van der Waals surface area contributed by atoms with Gasteiger partial charge in [-0.05, 0) is 35.3 Å². The van der Waals surface area contributed by atoms with E-state index in [9.17, 15) is 14.4 Å². The Morgan fingerprint density at radius 2 is 1.31 bits per heavy atom. The maximum absolute atomic E-state index is 13.6. The average molecular weight is 470 g/mol. The number of Topliss-reactive ketones (excluding diaryl/α,β-unsaturated/α-hetero) is 3. The third-order valence-electron chi connectivity index (χ3n) is 8.08. The minimum Gasteiger partial charge on any atom is -0.343 e. The number of hydrogen-bond donors (Lipinski definition) is 0. The molecule has 0 N–H and O–H groups in total. The molecule has 0 aromatic heterocycles. The predicted molar refractivity (Wildman–Crippen MR) is 139 cm³/mol. The van der Waals surface area contributed by atoms with Crippen molar-refractivity contribution in [2.24, 2.45) is 0 Å². The number of rotatable bonds is 1. The van der Waals surface area contributed by atoms with Gasteiger partial charge in [0.05, 0.1) is 5.57 Å². The molecule has 4 heteroatoms. The summed E-state index contributed by atoms with van der Waals surface area (Å²) in [5, 5.41) is 0. The monoisotopic (exact) mass is 469 g/mol. The van der Waals surface area contributed by atoms with Gasteiger partial charge in [-0.3, -0.25) is 14.4 Å². The summed E-state index contributed by atoms with van der Waals surface area (Å²) in [6.07, 6.45) is 4.84. The molecule has 0 radical (unpaired) electrons. The topological polar surface area (TPSA) is 54.5 Å². The molecule has 0 fully saturated rings. The van der Waals surface area contributed by atoms with E-state index in [1.54, 1.807) is 30.3 Å². The summed E-state index contributed by atoms with van der Waals surface area (Å²) < 4.78 is 0. The molecule has 7 rings (SSSR count). The van der Waals surface area contributed by atoms with E-state index in [-0.39, 0.29) is 28.3 Å². The third kappa shape index (κ3) is 2.56. The molecule has 2 aliphatic heterocycles. The first-order valence-electron chi connectivity index (χ1n) is 12.3. The maximum Gasteiger partial charge on any atom is 0.198 e. The van der Waals surface area contributed by atoms with E-state index in [1.165, 1.54) is 16.8 Å². The zero-order valence-electron chi connectivity index (χ0n) is 20.1. The molecule has 0 amide bonds. The lowest BCUT2D eigenvalue weighted by molar-refractivity contribution is 0.0989. The second-order valence-corrected chi connectivity index (χ2v) is 10.3. The summed E-state index contributed by atoms with van der Waals surface area (Å²) in [7, 11) is 0. The largest absolute Gasteiger partial charge is 0.343 e. The van der Waals surface area contributed by atoms with Gasteiger partial charge in [-0.1, -0.05) is 80.6 Å². The predicted octanol–water partition coefficient (Wildman–Crippen LogP) is 5.88. The van der Waals surface area contributed by atoms with E-state index in [4.69, 9.17) is 0 Å². The number of ketones is 3. The number of benzene rings is 3. The van der Waals surface area contributed by atoms with Crippen molar-refractivity contribution in [3.63, 3.8) is 0 Å². The fourth-order valence-electron chi connectivity index (χ4n) is 6.35. The van der Waals surface area contributed by atoms with Crippen LogP contribution >= 0.6 is 0 Å². The Hall–Kier alpha value is -4.31. The van der Waals surface area contributed by atoms with Gasteiger partial charge < -0.3 is 4.90 Å². The highest BCUT2D eigenvalue weighted by molar-refractivity contribution is 6.46. The lowest BCUT2D eigenvalue weighted by Crippen LogP contribution is -2.25. The minimum atomic E-state index is -0.313. The highest BCUT2D eigenvalue weighted by Crippen LogP contribution is 2.52. The van der Waals surface area contributed by atoms with Gasteiger partial charge in [0, 0.05) is 51.2 Å². The van der Waals surface area contributed by atoms with Gasteiger partial charge in [-0.2, -0.15) is 0 Å². The summed E-state index contributed by atoms with van der Waals surface area (Å²) in [6.45, 7) is 5.31. The van der Waals surface area contributed by atoms with Crippen LogP contribution in [0.25, 0.3) is 5.57 Å². The summed E-state index contributed by atoms with van der Waals surface area (Å²) in [6, 6.07) is 20.6. The second-order valence-electron chi connectivity index (χ2n) is 10.3. The first-order valence-corrected chi connectivity index (χ1v) is 12.3. The van der Waals surface area contributed by atoms with E-state index in [1.807, 2.05) is 30.4 Å². The number of hydrogen-bond acceptors (Lipinski definition) is 4. The van der Waals surface area contributed by atoms with Crippen LogP contribution in [-0.4, -0.2) is 23.9 Å². The van der Waals surface area contributed by atoms with Crippen LogP contribution in [0.2, 0.25) is 0 Å². The SMILES string of the molecule is CC1(C)/C(=C\C=C2/C(=O)c3ccccc3C2=C2C(=O)c3ccccc3C2=O)N2CCc3cccc1c32. The smallest absolute Gasteiger partial charge is 0.198 e. The van der Waals surface area contributed by atoms with Gasteiger partial charge in [-0.25, -0.2) is 0 Å². The van der Waals surface area contributed by atoms with Crippen LogP contribution in [0.1, 0.15) is 61.6 Å². The standard InChI is InChI=1S/C32H23NO3/c1-32(2)24-13-7-8-18-16-17-33(28(18)24)25(32)15-14-23-26(19-9-3-4-10-20(19)29(23)34)27-30(35)21-11-5-6-12-22(21)31(27)36/h3-15H,16-17H2,1-2H3/b23-14-,25-15+. The number of fused-ring (bicyclic) bond motifs is 2. The van der Waals surface area contributed by atoms with Gasteiger partial charge in [0.1, 0.15) is 0 Å². The first-order chi connectivity index (χ1) is 17.4. The molecule has 3 aromatic rings. The van der Waals surface area contributed by atoms with Crippen molar-refractivity contribution < 1.29 is 14.4 Å². The highest BCUT2D eigenvalue weighted by Gasteiger charge is 2.44. The summed E-state index contributed by atoms with van der Waals surface area (Å²) >= 11 is 0. The Labute approximate surface area is 209 Å². The van der Waals surface area contributed by atoms with Crippen LogP contribution in [-0.2, 0) is 11.8 Å². The van der Waals surface area contributed by atoms with Crippen molar-refractivity contribution in [2.75, 3.05) is 11.4 Å². The molecule has 0 saturated heterocycles. The molecular formula is C32H23NO3. The van der Waals surface area contributed by atoms with Crippen LogP contribution in [0.4, 0.5) is 5.69 Å². The molecule has 0 saturated carbocycles.